The lowest BCUT2D eigenvalue weighted by Crippen LogP contribution is -2.19. The van der Waals surface area contributed by atoms with Crippen LogP contribution in [-0.4, -0.2) is 25.5 Å². The Kier molecular flexibility index (Phi) is 7.00. The summed E-state index contributed by atoms with van der Waals surface area (Å²) in [7, 11) is 4.10. The van der Waals surface area contributed by atoms with Crippen molar-refractivity contribution in [1.29, 1.82) is 0 Å². The Labute approximate surface area is 147 Å². The molecule has 1 N–H and O–H groups in total. The maximum Gasteiger partial charge on any atom is 0.0549 e. The fraction of sp³-hybridized carbons (Fsp3) is 0.455. The number of anilines is 1. The average Bonchev–Trinajstić information content (AvgIpc) is 2.58. The van der Waals surface area contributed by atoms with E-state index in [4.69, 9.17) is 0 Å². The SMILES string of the molecule is C=C/C=C(/CNc1ccc(C#CC2CCCCC2)cc1C)N(C)C. The zero-order valence-electron chi connectivity index (χ0n) is 15.4. The molecule has 2 heteroatoms. The van der Waals surface area contributed by atoms with Crippen LogP contribution >= 0.6 is 0 Å². The number of hydrogen-bond donors (Lipinski definition) is 1. The van der Waals surface area contributed by atoms with Crippen LogP contribution in [-0.2, 0) is 0 Å². The number of hydrogen-bond acceptors (Lipinski definition) is 2. The predicted molar refractivity (Wildman–Crippen MR) is 105 cm³/mol. The maximum absolute atomic E-state index is 3.78. The number of nitrogens with one attached hydrogen (secondary N) is 1. The molecule has 0 amide bonds. The summed E-state index contributed by atoms with van der Waals surface area (Å²) in [5.74, 6) is 7.44. The molecule has 0 radical (unpaired) electrons. The minimum absolute atomic E-state index is 0.601. The van der Waals surface area contributed by atoms with Gasteiger partial charge in [-0.3, -0.25) is 0 Å². The third-order valence-electron chi connectivity index (χ3n) is 4.60. The summed E-state index contributed by atoms with van der Waals surface area (Å²) in [5, 5.41) is 3.51. The van der Waals surface area contributed by atoms with Crippen molar-refractivity contribution in [3.63, 3.8) is 0 Å². The lowest BCUT2D eigenvalue weighted by Gasteiger charge is -2.19. The van der Waals surface area contributed by atoms with Crippen molar-refractivity contribution in [1.82, 2.24) is 4.90 Å². The molecule has 1 aromatic carbocycles. The van der Waals surface area contributed by atoms with Crippen molar-refractivity contribution in [2.45, 2.75) is 39.0 Å². The molecule has 0 unspecified atom stereocenters. The van der Waals surface area contributed by atoms with E-state index in [2.05, 4.69) is 53.8 Å². The predicted octanol–water partition coefficient (Wildman–Crippen LogP) is 4.97. The first-order valence-corrected chi connectivity index (χ1v) is 8.95. The lowest BCUT2D eigenvalue weighted by molar-refractivity contribution is 0.430. The van der Waals surface area contributed by atoms with Gasteiger partial charge in [-0.05, 0) is 49.6 Å². The van der Waals surface area contributed by atoms with Gasteiger partial charge in [-0.15, -0.1) is 0 Å². The van der Waals surface area contributed by atoms with Gasteiger partial charge in [0.1, 0.15) is 0 Å². The Morgan fingerprint density at radius 2 is 2.04 bits per heavy atom. The molecular weight excluding hydrogens is 292 g/mol. The Morgan fingerprint density at radius 1 is 1.29 bits per heavy atom. The number of allylic oxidation sites excluding steroid dienone is 2. The first-order chi connectivity index (χ1) is 11.6. The summed E-state index contributed by atoms with van der Waals surface area (Å²) in [6, 6.07) is 6.45. The number of rotatable bonds is 5. The van der Waals surface area contributed by atoms with Crippen molar-refractivity contribution >= 4 is 5.69 Å². The van der Waals surface area contributed by atoms with Crippen molar-refractivity contribution in [3.05, 3.63) is 53.8 Å². The first-order valence-electron chi connectivity index (χ1n) is 8.95. The summed E-state index contributed by atoms with van der Waals surface area (Å²) in [6.45, 7) is 6.70. The van der Waals surface area contributed by atoms with Crippen LogP contribution in [0, 0.1) is 24.7 Å². The molecular formula is C22H30N2. The number of likely N-dealkylation sites (N-methyl/N-ethyl adjacent to an activating group) is 1. The molecule has 2 rings (SSSR count). The zero-order chi connectivity index (χ0) is 17.4. The molecule has 0 bridgehead atoms. The second kappa shape index (κ2) is 9.23. The van der Waals surface area contributed by atoms with E-state index in [1.165, 1.54) is 43.4 Å². The molecule has 1 aromatic rings. The molecule has 0 saturated heterocycles. The number of nitrogens with zero attached hydrogens (tertiary/aromatic N) is 1. The van der Waals surface area contributed by atoms with E-state index in [0.717, 1.165) is 17.8 Å². The van der Waals surface area contributed by atoms with Gasteiger partial charge in [0.15, 0.2) is 0 Å². The standard InChI is InChI=1S/C22H30N2/c1-5-9-21(24(3)4)17-23-22-15-14-20(16-18(22)2)13-12-19-10-7-6-8-11-19/h5,9,14-16,19,23H,1,6-8,10-11,17H2,2-4H3/b21-9-. The second-order valence-corrected chi connectivity index (χ2v) is 6.78. The molecule has 24 heavy (non-hydrogen) atoms. The van der Waals surface area contributed by atoms with Crippen LogP contribution in [0.5, 0.6) is 0 Å². The van der Waals surface area contributed by atoms with Gasteiger partial charge >= 0.3 is 0 Å². The Balaban J connectivity index is 2.00. The van der Waals surface area contributed by atoms with E-state index < -0.39 is 0 Å². The summed E-state index contributed by atoms with van der Waals surface area (Å²) >= 11 is 0. The van der Waals surface area contributed by atoms with Crippen LogP contribution < -0.4 is 5.32 Å². The van der Waals surface area contributed by atoms with Crippen LogP contribution in [0.15, 0.2) is 42.6 Å². The summed E-state index contributed by atoms with van der Waals surface area (Å²) in [6.07, 6.45) is 10.5. The van der Waals surface area contributed by atoms with Gasteiger partial charge in [0.05, 0.1) is 6.54 Å². The van der Waals surface area contributed by atoms with E-state index >= 15 is 0 Å². The number of benzene rings is 1. The van der Waals surface area contributed by atoms with Crippen molar-refractivity contribution in [3.8, 4) is 11.8 Å². The number of aryl methyl sites for hydroxylation is 1. The van der Waals surface area contributed by atoms with Crippen LogP contribution in [0.3, 0.4) is 0 Å². The highest BCUT2D eigenvalue weighted by Crippen LogP contribution is 2.23. The Hall–Kier alpha value is -2.14. The van der Waals surface area contributed by atoms with Gasteiger partial charge in [-0.25, -0.2) is 0 Å². The molecule has 128 valence electrons. The largest absolute Gasteiger partial charge is 0.380 e. The van der Waals surface area contributed by atoms with Crippen LogP contribution in [0.1, 0.15) is 43.2 Å². The first kappa shape index (κ1) is 18.2. The highest BCUT2D eigenvalue weighted by Gasteiger charge is 2.10. The highest BCUT2D eigenvalue weighted by molar-refractivity contribution is 5.55. The summed E-state index contributed by atoms with van der Waals surface area (Å²) in [4.78, 5) is 2.11. The van der Waals surface area contributed by atoms with Crippen molar-refractivity contribution in [2.24, 2.45) is 5.92 Å². The topological polar surface area (TPSA) is 15.3 Å². The average molecular weight is 322 g/mol. The van der Waals surface area contributed by atoms with Gasteiger partial charge in [0.25, 0.3) is 0 Å². The quantitative estimate of drug-likeness (QED) is 0.608. The molecule has 0 aliphatic heterocycles. The molecule has 0 atom stereocenters. The van der Waals surface area contributed by atoms with Crippen molar-refractivity contribution < 1.29 is 0 Å². The molecule has 0 spiro atoms. The van der Waals surface area contributed by atoms with E-state index in [0.29, 0.717) is 5.92 Å². The molecule has 0 aromatic heterocycles. The second-order valence-electron chi connectivity index (χ2n) is 6.78. The minimum Gasteiger partial charge on any atom is -0.380 e. The Bertz CT molecular complexity index is 638. The third kappa shape index (κ3) is 5.49. The fourth-order valence-corrected chi connectivity index (χ4v) is 3.06. The van der Waals surface area contributed by atoms with Crippen LogP contribution in [0.25, 0.3) is 0 Å². The third-order valence-corrected chi connectivity index (χ3v) is 4.60. The molecule has 1 saturated carbocycles. The van der Waals surface area contributed by atoms with Gasteiger partial charge in [-0.1, -0.05) is 43.8 Å². The smallest absolute Gasteiger partial charge is 0.0549 e. The van der Waals surface area contributed by atoms with Gasteiger partial charge in [0.2, 0.25) is 0 Å². The van der Waals surface area contributed by atoms with Crippen LogP contribution in [0.2, 0.25) is 0 Å². The lowest BCUT2D eigenvalue weighted by atomic mass is 9.89. The van der Waals surface area contributed by atoms with E-state index in [-0.39, 0.29) is 0 Å². The maximum atomic E-state index is 3.78. The Morgan fingerprint density at radius 3 is 2.67 bits per heavy atom. The summed E-state index contributed by atoms with van der Waals surface area (Å²) in [5.41, 5.74) is 4.72. The zero-order valence-corrected chi connectivity index (χ0v) is 15.4. The molecule has 1 aliphatic carbocycles. The highest BCUT2D eigenvalue weighted by atomic mass is 15.1. The van der Waals surface area contributed by atoms with E-state index in [1.54, 1.807) is 0 Å². The minimum atomic E-state index is 0.601. The monoisotopic (exact) mass is 322 g/mol. The van der Waals surface area contributed by atoms with Crippen molar-refractivity contribution in [2.75, 3.05) is 26.0 Å². The molecule has 0 heterocycles. The molecule has 1 aliphatic rings. The fourth-order valence-electron chi connectivity index (χ4n) is 3.06. The van der Waals surface area contributed by atoms with Gasteiger partial charge in [-0.2, -0.15) is 0 Å². The van der Waals surface area contributed by atoms with Crippen LogP contribution in [0.4, 0.5) is 5.69 Å². The van der Waals surface area contributed by atoms with Gasteiger partial charge < -0.3 is 10.2 Å². The normalized spacial score (nSPS) is 15.4. The van der Waals surface area contributed by atoms with Gasteiger partial charge in [0, 0.05) is 37.0 Å². The molecule has 1 fully saturated rings. The van der Waals surface area contributed by atoms with E-state index in [1.807, 2.05) is 26.2 Å². The molecule has 2 nitrogen and oxygen atoms in total. The van der Waals surface area contributed by atoms with E-state index in [9.17, 15) is 0 Å². The summed E-state index contributed by atoms with van der Waals surface area (Å²) < 4.78 is 0.